The van der Waals surface area contributed by atoms with Crippen LogP contribution in [0.3, 0.4) is 0 Å². The predicted molar refractivity (Wildman–Crippen MR) is 65.1 cm³/mol. The predicted octanol–water partition coefficient (Wildman–Crippen LogP) is 0.0644. The normalized spacial score (nSPS) is 20.6. The number of nitriles is 1. The Labute approximate surface area is 98.6 Å². The molecule has 0 aliphatic carbocycles. The Morgan fingerprint density at radius 2 is 2.40 bits per heavy atom. The van der Waals surface area contributed by atoms with Crippen molar-refractivity contribution in [3.8, 4) is 6.07 Å². The molecule has 0 bridgehead atoms. The van der Waals surface area contributed by atoms with Crippen molar-refractivity contribution in [3.05, 3.63) is 0 Å². The van der Waals surface area contributed by atoms with Crippen molar-refractivity contribution in [1.82, 2.24) is 10.6 Å². The van der Waals surface area contributed by atoms with Gasteiger partial charge in [-0.3, -0.25) is 4.79 Å². The second-order valence-electron chi connectivity index (χ2n) is 3.13. The highest BCUT2D eigenvalue weighted by Gasteiger charge is 2.13. The minimum absolute atomic E-state index is 0.0918. The van der Waals surface area contributed by atoms with Gasteiger partial charge in [-0.15, -0.1) is 0 Å². The van der Waals surface area contributed by atoms with E-state index in [-0.39, 0.29) is 12.5 Å². The monoisotopic (exact) mass is 245 g/mol. The van der Waals surface area contributed by atoms with Gasteiger partial charge in [-0.25, -0.2) is 0 Å². The van der Waals surface area contributed by atoms with E-state index in [0.717, 1.165) is 12.3 Å². The van der Waals surface area contributed by atoms with Crippen LogP contribution in [0.4, 0.5) is 0 Å². The van der Waals surface area contributed by atoms with Crippen LogP contribution in [0.5, 0.6) is 0 Å². The van der Waals surface area contributed by atoms with E-state index >= 15 is 0 Å². The van der Waals surface area contributed by atoms with Gasteiger partial charge in [0.25, 0.3) is 0 Å². The van der Waals surface area contributed by atoms with Gasteiger partial charge >= 0.3 is 0 Å². The summed E-state index contributed by atoms with van der Waals surface area (Å²) in [6.07, 6.45) is 0. The summed E-state index contributed by atoms with van der Waals surface area (Å²) in [7, 11) is 0. The molecule has 1 unspecified atom stereocenters. The Balaban J connectivity index is 2.00. The number of hydrogen-bond donors (Lipinski definition) is 2. The van der Waals surface area contributed by atoms with Gasteiger partial charge in [0, 0.05) is 29.1 Å². The van der Waals surface area contributed by atoms with E-state index < -0.39 is 0 Å². The third-order valence-corrected chi connectivity index (χ3v) is 4.75. The van der Waals surface area contributed by atoms with Crippen LogP contribution in [-0.4, -0.2) is 48.0 Å². The van der Waals surface area contributed by atoms with Crippen molar-refractivity contribution < 1.29 is 4.79 Å². The van der Waals surface area contributed by atoms with Crippen molar-refractivity contribution in [2.75, 3.05) is 36.9 Å². The molecule has 1 fully saturated rings. The van der Waals surface area contributed by atoms with Crippen LogP contribution in [0.25, 0.3) is 0 Å². The van der Waals surface area contributed by atoms with Gasteiger partial charge in [-0.05, 0) is 0 Å². The number of thioether (sulfide) groups is 2. The van der Waals surface area contributed by atoms with Gasteiger partial charge in [0.05, 0.1) is 12.6 Å². The summed E-state index contributed by atoms with van der Waals surface area (Å²) in [4.78, 5) is 11.1. The summed E-state index contributed by atoms with van der Waals surface area (Å²) in [5.41, 5.74) is 0. The first-order valence-corrected chi connectivity index (χ1v) is 7.07. The van der Waals surface area contributed by atoms with Crippen LogP contribution >= 0.6 is 23.5 Å². The SMILES string of the molecule is N#CCNC(=O)CNCC1CSCCS1. The van der Waals surface area contributed by atoms with E-state index in [2.05, 4.69) is 10.6 Å². The maximum Gasteiger partial charge on any atom is 0.234 e. The highest BCUT2D eigenvalue weighted by atomic mass is 32.2. The molecule has 2 N–H and O–H groups in total. The molecule has 4 nitrogen and oxygen atoms in total. The van der Waals surface area contributed by atoms with E-state index in [4.69, 9.17) is 5.26 Å². The second-order valence-corrected chi connectivity index (χ2v) is 5.69. The summed E-state index contributed by atoms with van der Waals surface area (Å²) >= 11 is 3.94. The third kappa shape index (κ3) is 5.92. The first kappa shape index (κ1) is 12.7. The summed E-state index contributed by atoms with van der Waals surface area (Å²) in [5.74, 6) is 3.50. The van der Waals surface area contributed by atoms with Crippen molar-refractivity contribution >= 4 is 29.4 Å². The van der Waals surface area contributed by atoms with Crippen molar-refractivity contribution in [1.29, 1.82) is 5.26 Å². The molecule has 1 rings (SSSR count). The summed E-state index contributed by atoms with van der Waals surface area (Å²) in [6, 6.07) is 1.87. The Morgan fingerprint density at radius 3 is 3.07 bits per heavy atom. The lowest BCUT2D eigenvalue weighted by molar-refractivity contribution is -0.120. The van der Waals surface area contributed by atoms with Gasteiger partial charge in [0.15, 0.2) is 0 Å². The number of nitrogens with one attached hydrogen (secondary N) is 2. The van der Waals surface area contributed by atoms with E-state index in [0.29, 0.717) is 11.8 Å². The summed E-state index contributed by atoms with van der Waals surface area (Å²) in [6.45, 7) is 1.27. The van der Waals surface area contributed by atoms with E-state index in [1.165, 1.54) is 11.5 Å². The van der Waals surface area contributed by atoms with E-state index in [1.807, 2.05) is 29.6 Å². The molecular weight excluding hydrogens is 230 g/mol. The van der Waals surface area contributed by atoms with Gasteiger partial charge in [0.1, 0.15) is 6.54 Å². The molecule has 0 radical (unpaired) electrons. The first-order chi connectivity index (χ1) is 7.33. The van der Waals surface area contributed by atoms with Crippen LogP contribution in [0.1, 0.15) is 0 Å². The number of rotatable bonds is 5. The van der Waals surface area contributed by atoms with E-state index in [9.17, 15) is 4.79 Å². The number of hydrogen-bond acceptors (Lipinski definition) is 5. The zero-order valence-electron chi connectivity index (χ0n) is 8.49. The summed E-state index contributed by atoms with van der Waals surface area (Å²) < 4.78 is 0. The topological polar surface area (TPSA) is 64.9 Å². The Kier molecular flexibility index (Phi) is 6.64. The van der Waals surface area contributed by atoms with Crippen LogP contribution < -0.4 is 10.6 Å². The van der Waals surface area contributed by atoms with Gasteiger partial charge < -0.3 is 10.6 Å². The first-order valence-electron chi connectivity index (χ1n) is 4.86. The fraction of sp³-hybridized carbons (Fsp3) is 0.778. The molecule has 1 aliphatic rings. The average Bonchev–Trinajstić information content (AvgIpc) is 2.28. The molecule has 1 heterocycles. The Hall–Kier alpha value is -0.380. The molecule has 0 aromatic heterocycles. The molecule has 0 spiro atoms. The van der Waals surface area contributed by atoms with Crippen molar-refractivity contribution in [3.63, 3.8) is 0 Å². The molecule has 0 aromatic rings. The number of carbonyl (C=O) groups is 1. The lowest BCUT2D eigenvalue weighted by atomic mass is 10.4. The number of carbonyl (C=O) groups excluding carboxylic acids is 1. The third-order valence-electron chi connectivity index (χ3n) is 1.91. The van der Waals surface area contributed by atoms with Crippen LogP contribution in [0.15, 0.2) is 0 Å². The number of amides is 1. The molecule has 0 aromatic carbocycles. The largest absolute Gasteiger partial charge is 0.342 e. The summed E-state index contributed by atoms with van der Waals surface area (Å²) in [5, 5.41) is 14.5. The smallest absolute Gasteiger partial charge is 0.234 e. The van der Waals surface area contributed by atoms with Crippen LogP contribution in [0.2, 0.25) is 0 Å². The van der Waals surface area contributed by atoms with Crippen LogP contribution in [-0.2, 0) is 4.79 Å². The average molecular weight is 245 g/mol. The lowest BCUT2D eigenvalue weighted by Crippen LogP contribution is -2.37. The number of nitrogens with zero attached hydrogens (tertiary/aromatic N) is 1. The molecule has 6 heteroatoms. The van der Waals surface area contributed by atoms with Crippen molar-refractivity contribution in [2.45, 2.75) is 5.25 Å². The van der Waals surface area contributed by atoms with Gasteiger partial charge in [-0.1, -0.05) is 0 Å². The fourth-order valence-electron chi connectivity index (χ4n) is 1.20. The second kappa shape index (κ2) is 7.85. The molecule has 84 valence electrons. The Bertz CT molecular complexity index is 236. The standard InChI is InChI=1S/C9H15N3OS2/c10-1-2-12-9(13)6-11-5-8-7-14-3-4-15-8/h8,11H,2-7H2,(H,12,13). The highest BCUT2D eigenvalue weighted by molar-refractivity contribution is 8.06. The molecule has 1 aliphatic heterocycles. The maximum atomic E-state index is 11.1. The molecule has 15 heavy (non-hydrogen) atoms. The molecule has 1 atom stereocenters. The Morgan fingerprint density at radius 1 is 1.53 bits per heavy atom. The maximum absolute atomic E-state index is 11.1. The molecule has 0 saturated carbocycles. The zero-order chi connectivity index (χ0) is 10.9. The molecule has 1 amide bonds. The molecular formula is C9H15N3OS2. The molecule has 1 saturated heterocycles. The fourth-order valence-corrected chi connectivity index (χ4v) is 3.85. The zero-order valence-corrected chi connectivity index (χ0v) is 10.1. The van der Waals surface area contributed by atoms with E-state index in [1.54, 1.807) is 0 Å². The van der Waals surface area contributed by atoms with Crippen LogP contribution in [0, 0.1) is 11.3 Å². The van der Waals surface area contributed by atoms with Gasteiger partial charge in [-0.2, -0.15) is 28.8 Å². The van der Waals surface area contributed by atoms with Crippen molar-refractivity contribution in [2.24, 2.45) is 0 Å². The highest BCUT2D eigenvalue weighted by Crippen LogP contribution is 2.22. The minimum atomic E-state index is -0.106. The quantitative estimate of drug-likeness (QED) is 0.671. The minimum Gasteiger partial charge on any atom is -0.342 e. The lowest BCUT2D eigenvalue weighted by Gasteiger charge is -2.20. The van der Waals surface area contributed by atoms with Gasteiger partial charge in [0.2, 0.25) is 5.91 Å².